The molecule has 21 heavy (non-hydrogen) atoms. The number of carbonyl (C=O) groups excluding carboxylic acids is 1. The van der Waals surface area contributed by atoms with Crippen molar-refractivity contribution >= 4 is 5.97 Å². The van der Waals surface area contributed by atoms with Gasteiger partial charge in [0.05, 0.1) is 6.61 Å². The van der Waals surface area contributed by atoms with Crippen LogP contribution in [0, 0.1) is 5.82 Å². The highest BCUT2D eigenvalue weighted by Gasteiger charge is 2.25. The van der Waals surface area contributed by atoms with Crippen LogP contribution in [0.1, 0.15) is 57.1 Å². The zero-order valence-corrected chi connectivity index (χ0v) is 12.6. The molecule has 0 amide bonds. The van der Waals surface area contributed by atoms with E-state index in [9.17, 15) is 9.18 Å². The van der Waals surface area contributed by atoms with Gasteiger partial charge in [-0.25, -0.2) is 9.18 Å². The molecule has 1 aromatic rings. The van der Waals surface area contributed by atoms with Crippen LogP contribution in [0.5, 0.6) is 0 Å². The molecule has 1 unspecified atom stereocenters. The van der Waals surface area contributed by atoms with E-state index in [0.29, 0.717) is 18.2 Å². The number of hydrogen-bond acceptors (Lipinski definition) is 3. The molecule has 1 atom stereocenters. The van der Waals surface area contributed by atoms with Gasteiger partial charge in [-0.15, -0.1) is 0 Å². The summed E-state index contributed by atoms with van der Waals surface area (Å²) in [6.45, 7) is 2.11. The molecule has 4 heteroatoms. The molecule has 0 heterocycles. The fourth-order valence-corrected chi connectivity index (χ4v) is 2.89. The first-order chi connectivity index (χ1) is 10.2. The first-order valence-corrected chi connectivity index (χ1v) is 7.89. The molecule has 1 N–H and O–H groups in total. The lowest BCUT2D eigenvalue weighted by atomic mass is 10.0. The van der Waals surface area contributed by atoms with Crippen LogP contribution in [-0.4, -0.2) is 18.6 Å². The standard InChI is InChI=1S/C17H24FNO2/c1-2-21-17(20)16(13-8-7-9-14(18)12-13)19-15-10-5-3-4-6-11-15/h7-9,12,15-16,19H,2-6,10-11H2,1H3. The zero-order chi connectivity index (χ0) is 15.1. The molecule has 0 saturated heterocycles. The number of carbonyl (C=O) groups is 1. The molecular weight excluding hydrogens is 269 g/mol. The number of halogens is 1. The number of rotatable bonds is 5. The summed E-state index contributed by atoms with van der Waals surface area (Å²) in [5.74, 6) is -0.656. The van der Waals surface area contributed by atoms with Crippen molar-refractivity contribution in [3.05, 3.63) is 35.6 Å². The number of hydrogen-bond donors (Lipinski definition) is 1. The van der Waals surface area contributed by atoms with Gasteiger partial charge in [0.25, 0.3) is 0 Å². The summed E-state index contributed by atoms with van der Waals surface area (Å²) in [6.07, 6.45) is 6.98. The second-order valence-corrected chi connectivity index (χ2v) is 5.60. The Bertz CT molecular complexity index is 456. The van der Waals surface area contributed by atoms with Crippen molar-refractivity contribution < 1.29 is 13.9 Å². The van der Waals surface area contributed by atoms with E-state index in [1.165, 1.54) is 37.8 Å². The zero-order valence-electron chi connectivity index (χ0n) is 12.6. The van der Waals surface area contributed by atoms with Crippen molar-refractivity contribution in [1.82, 2.24) is 5.32 Å². The quantitative estimate of drug-likeness (QED) is 0.664. The first-order valence-electron chi connectivity index (χ1n) is 7.89. The predicted molar refractivity (Wildman–Crippen MR) is 80.4 cm³/mol. The van der Waals surface area contributed by atoms with Crippen LogP contribution in [0.3, 0.4) is 0 Å². The summed E-state index contributed by atoms with van der Waals surface area (Å²) in [4.78, 5) is 12.2. The molecule has 1 saturated carbocycles. The highest BCUT2D eigenvalue weighted by molar-refractivity contribution is 5.77. The van der Waals surface area contributed by atoms with Crippen molar-refractivity contribution in [2.75, 3.05) is 6.61 Å². The molecular formula is C17H24FNO2. The molecule has 1 aliphatic rings. The normalized spacial score (nSPS) is 18.0. The monoisotopic (exact) mass is 293 g/mol. The first kappa shape index (κ1) is 16.0. The Hall–Kier alpha value is -1.42. The maximum atomic E-state index is 13.4. The maximum absolute atomic E-state index is 13.4. The van der Waals surface area contributed by atoms with Gasteiger partial charge >= 0.3 is 5.97 Å². The second-order valence-electron chi connectivity index (χ2n) is 5.60. The second kappa shape index (κ2) is 8.13. The molecule has 0 aromatic heterocycles. The van der Waals surface area contributed by atoms with Crippen molar-refractivity contribution in [2.45, 2.75) is 57.5 Å². The van der Waals surface area contributed by atoms with Gasteiger partial charge < -0.3 is 4.74 Å². The summed E-state index contributed by atoms with van der Waals surface area (Å²) >= 11 is 0. The third-order valence-corrected chi connectivity index (χ3v) is 3.96. The van der Waals surface area contributed by atoms with Crippen LogP contribution >= 0.6 is 0 Å². The Morgan fingerprint density at radius 1 is 1.33 bits per heavy atom. The summed E-state index contributed by atoms with van der Waals surface area (Å²) in [6, 6.07) is 5.91. The SMILES string of the molecule is CCOC(=O)C(NC1CCCCCC1)c1cccc(F)c1. The third kappa shape index (κ3) is 4.81. The highest BCUT2D eigenvalue weighted by atomic mass is 19.1. The van der Waals surface area contributed by atoms with E-state index in [2.05, 4.69) is 5.32 Å². The van der Waals surface area contributed by atoms with Gasteiger partial charge in [-0.3, -0.25) is 5.32 Å². The largest absolute Gasteiger partial charge is 0.465 e. The Morgan fingerprint density at radius 2 is 2.05 bits per heavy atom. The molecule has 1 aromatic carbocycles. The van der Waals surface area contributed by atoms with Gasteiger partial charge in [-0.1, -0.05) is 37.8 Å². The summed E-state index contributed by atoms with van der Waals surface area (Å²) in [5, 5.41) is 3.38. The molecule has 0 bridgehead atoms. The average molecular weight is 293 g/mol. The molecule has 3 nitrogen and oxygen atoms in total. The van der Waals surface area contributed by atoms with Crippen LogP contribution in [0.4, 0.5) is 4.39 Å². The van der Waals surface area contributed by atoms with Crippen molar-refractivity contribution in [2.24, 2.45) is 0 Å². The fourth-order valence-electron chi connectivity index (χ4n) is 2.89. The van der Waals surface area contributed by atoms with Crippen molar-refractivity contribution in [3.63, 3.8) is 0 Å². The van der Waals surface area contributed by atoms with E-state index < -0.39 is 6.04 Å². The lowest BCUT2D eigenvalue weighted by molar-refractivity contribution is -0.146. The lowest BCUT2D eigenvalue weighted by Crippen LogP contribution is -2.37. The van der Waals surface area contributed by atoms with Crippen molar-refractivity contribution in [3.8, 4) is 0 Å². The van der Waals surface area contributed by atoms with E-state index in [0.717, 1.165) is 12.8 Å². The van der Waals surface area contributed by atoms with E-state index in [-0.39, 0.29) is 11.8 Å². The minimum absolute atomic E-state index is 0.296. The molecule has 0 spiro atoms. The smallest absolute Gasteiger partial charge is 0.327 e. The van der Waals surface area contributed by atoms with Gasteiger partial charge in [-0.05, 0) is 37.5 Å². The van der Waals surface area contributed by atoms with E-state index in [1.807, 2.05) is 0 Å². The number of ether oxygens (including phenoxy) is 1. The number of benzene rings is 1. The van der Waals surface area contributed by atoms with Crippen LogP contribution in [0.15, 0.2) is 24.3 Å². The van der Waals surface area contributed by atoms with E-state index >= 15 is 0 Å². The lowest BCUT2D eigenvalue weighted by Gasteiger charge is -2.24. The summed E-state index contributed by atoms with van der Waals surface area (Å²) < 4.78 is 18.6. The fraction of sp³-hybridized carbons (Fsp3) is 0.588. The van der Waals surface area contributed by atoms with E-state index in [4.69, 9.17) is 4.74 Å². The average Bonchev–Trinajstić information content (AvgIpc) is 2.73. The third-order valence-electron chi connectivity index (χ3n) is 3.96. The molecule has 116 valence electrons. The predicted octanol–water partition coefficient (Wildman–Crippen LogP) is 3.74. The number of esters is 1. The topological polar surface area (TPSA) is 38.3 Å². The van der Waals surface area contributed by atoms with E-state index in [1.54, 1.807) is 19.1 Å². The molecule has 1 fully saturated rings. The molecule has 2 rings (SSSR count). The van der Waals surface area contributed by atoms with Crippen LogP contribution < -0.4 is 5.32 Å². The van der Waals surface area contributed by atoms with Crippen LogP contribution in [-0.2, 0) is 9.53 Å². The maximum Gasteiger partial charge on any atom is 0.327 e. The Kier molecular flexibility index (Phi) is 6.18. The molecule has 1 aliphatic carbocycles. The van der Waals surface area contributed by atoms with Gasteiger partial charge in [0.2, 0.25) is 0 Å². The van der Waals surface area contributed by atoms with Crippen molar-refractivity contribution in [1.29, 1.82) is 0 Å². The molecule has 0 aliphatic heterocycles. The summed E-state index contributed by atoms with van der Waals surface area (Å²) in [7, 11) is 0. The van der Waals surface area contributed by atoms with Gasteiger partial charge in [-0.2, -0.15) is 0 Å². The van der Waals surface area contributed by atoms with Gasteiger partial charge in [0.15, 0.2) is 0 Å². The summed E-state index contributed by atoms with van der Waals surface area (Å²) in [5.41, 5.74) is 0.637. The minimum Gasteiger partial charge on any atom is -0.465 e. The van der Waals surface area contributed by atoms with Gasteiger partial charge in [0, 0.05) is 6.04 Å². The Balaban J connectivity index is 2.13. The Labute approximate surface area is 125 Å². The minimum atomic E-state index is -0.580. The highest BCUT2D eigenvalue weighted by Crippen LogP contribution is 2.22. The Morgan fingerprint density at radius 3 is 2.67 bits per heavy atom. The molecule has 0 radical (unpaired) electrons. The van der Waals surface area contributed by atoms with Crippen LogP contribution in [0.2, 0.25) is 0 Å². The number of nitrogens with one attached hydrogen (secondary N) is 1. The van der Waals surface area contributed by atoms with Gasteiger partial charge in [0.1, 0.15) is 11.9 Å². The van der Waals surface area contributed by atoms with Crippen LogP contribution in [0.25, 0.3) is 0 Å².